The van der Waals surface area contributed by atoms with Crippen LogP contribution in [0, 0.1) is 6.92 Å². The van der Waals surface area contributed by atoms with Gasteiger partial charge in [-0.05, 0) is 61.5 Å². The largest absolute Gasteiger partial charge is 0.418 e. The van der Waals surface area contributed by atoms with Gasteiger partial charge in [0.1, 0.15) is 0 Å². The second-order valence-electron chi connectivity index (χ2n) is 7.51. The molecular weight excluding hydrogens is 565 g/mol. The second kappa shape index (κ2) is 10.4. The standard InChI is InChI=1S/C24H17BrClF3N4OS/c1-14-2-9-18(10-3-14)33-22(15-4-7-17(26)8-5-15)31-32-23(33)35-13-21(34)30-20-11-6-16(25)12-19(20)24(27,28)29/h2-12H,13H2,1H3,(H,30,34). The van der Waals surface area contributed by atoms with E-state index in [1.165, 1.54) is 12.1 Å². The highest BCUT2D eigenvalue weighted by Crippen LogP contribution is 2.37. The van der Waals surface area contributed by atoms with Gasteiger partial charge < -0.3 is 5.32 Å². The van der Waals surface area contributed by atoms with Crippen molar-refractivity contribution in [3.63, 3.8) is 0 Å². The van der Waals surface area contributed by atoms with Gasteiger partial charge in [-0.3, -0.25) is 9.36 Å². The van der Waals surface area contributed by atoms with Gasteiger partial charge in [-0.2, -0.15) is 13.2 Å². The molecule has 3 aromatic carbocycles. The normalized spacial score (nSPS) is 11.5. The Morgan fingerprint density at radius 3 is 2.40 bits per heavy atom. The Labute approximate surface area is 216 Å². The quantitative estimate of drug-likeness (QED) is 0.241. The fourth-order valence-electron chi connectivity index (χ4n) is 3.25. The molecule has 0 aliphatic rings. The van der Waals surface area contributed by atoms with Crippen LogP contribution >= 0.6 is 39.3 Å². The predicted octanol–water partition coefficient (Wildman–Crippen LogP) is 7.41. The van der Waals surface area contributed by atoms with Crippen molar-refractivity contribution in [1.29, 1.82) is 0 Å². The molecule has 4 rings (SSSR count). The molecule has 180 valence electrons. The van der Waals surface area contributed by atoms with Crippen molar-refractivity contribution in [3.05, 3.63) is 87.4 Å². The molecule has 0 bridgehead atoms. The van der Waals surface area contributed by atoms with Gasteiger partial charge in [0, 0.05) is 20.7 Å². The van der Waals surface area contributed by atoms with E-state index in [0.29, 0.717) is 16.0 Å². The van der Waals surface area contributed by atoms with Gasteiger partial charge >= 0.3 is 6.18 Å². The van der Waals surface area contributed by atoms with Gasteiger partial charge in [-0.25, -0.2) is 0 Å². The number of hydrogen-bond acceptors (Lipinski definition) is 4. The number of carbonyl (C=O) groups is 1. The Balaban J connectivity index is 1.60. The van der Waals surface area contributed by atoms with E-state index in [-0.39, 0.29) is 15.9 Å². The number of nitrogens with one attached hydrogen (secondary N) is 1. The lowest BCUT2D eigenvalue weighted by molar-refractivity contribution is -0.137. The van der Waals surface area contributed by atoms with Gasteiger partial charge in [0.15, 0.2) is 11.0 Å². The van der Waals surface area contributed by atoms with Crippen molar-refractivity contribution in [1.82, 2.24) is 14.8 Å². The predicted molar refractivity (Wildman–Crippen MR) is 135 cm³/mol. The van der Waals surface area contributed by atoms with Crippen molar-refractivity contribution < 1.29 is 18.0 Å². The van der Waals surface area contributed by atoms with Crippen LogP contribution < -0.4 is 5.32 Å². The van der Waals surface area contributed by atoms with Crippen LogP contribution in [0.5, 0.6) is 0 Å². The molecule has 5 nitrogen and oxygen atoms in total. The second-order valence-corrected chi connectivity index (χ2v) is 9.80. The number of amides is 1. The molecule has 0 saturated heterocycles. The molecule has 1 heterocycles. The first-order valence-electron chi connectivity index (χ1n) is 10.2. The summed E-state index contributed by atoms with van der Waals surface area (Å²) in [5.74, 6) is -0.229. The lowest BCUT2D eigenvalue weighted by Crippen LogP contribution is -2.18. The van der Waals surface area contributed by atoms with Crippen LogP contribution in [0.2, 0.25) is 5.02 Å². The Kier molecular flexibility index (Phi) is 7.53. The number of alkyl halides is 3. The van der Waals surface area contributed by atoms with Gasteiger partial charge in [0.25, 0.3) is 0 Å². The maximum Gasteiger partial charge on any atom is 0.418 e. The summed E-state index contributed by atoms with van der Waals surface area (Å²) in [4.78, 5) is 12.6. The third-order valence-electron chi connectivity index (χ3n) is 4.92. The molecule has 1 N–H and O–H groups in total. The van der Waals surface area contributed by atoms with Crippen LogP contribution in [0.15, 0.2) is 76.4 Å². The van der Waals surface area contributed by atoms with Crippen molar-refractivity contribution >= 4 is 50.9 Å². The topological polar surface area (TPSA) is 59.8 Å². The molecule has 1 amide bonds. The zero-order chi connectivity index (χ0) is 25.2. The van der Waals surface area contributed by atoms with Crippen LogP contribution in [-0.2, 0) is 11.0 Å². The number of aryl methyl sites for hydroxylation is 1. The van der Waals surface area contributed by atoms with Gasteiger partial charge in [0.2, 0.25) is 5.91 Å². The van der Waals surface area contributed by atoms with Crippen LogP contribution in [0.1, 0.15) is 11.1 Å². The summed E-state index contributed by atoms with van der Waals surface area (Å²) >= 11 is 10.1. The number of hydrogen-bond donors (Lipinski definition) is 1. The smallest absolute Gasteiger partial charge is 0.325 e. The zero-order valence-corrected chi connectivity index (χ0v) is 21.3. The zero-order valence-electron chi connectivity index (χ0n) is 18.1. The summed E-state index contributed by atoms with van der Waals surface area (Å²) in [6, 6.07) is 18.4. The Bertz CT molecular complexity index is 1360. The lowest BCUT2D eigenvalue weighted by atomic mass is 10.1. The highest BCUT2D eigenvalue weighted by molar-refractivity contribution is 9.10. The van der Waals surface area contributed by atoms with Crippen LogP contribution in [-0.4, -0.2) is 26.4 Å². The van der Waals surface area contributed by atoms with E-state index in [9.17, 15) is 18.0 Å². The summed E-state index contributed by atoms with van der Waals surface area (Å²) in [7, 11) is 0. The number of carbonyl (C=O) groups excluding carboxylic acids is 1. The van der Waals surface area contributed by atoms with Gasteiger partial charge in [-0.1, -0.05) is 57.0 Å². The molecule has 1 aromatic heterocycles. The first kappa shape index (κ1) is 25.3. The van der Waals surface area contributed by atoms with E-state index in [2.05, 4.69) is 31.4 Å². The molecule has 35 heavy (non-hydrogen) atoms. The number of nitrogens with zero attached hydrogens (tertiary/aromatic N) is 3. The molecule has 0 fully saturated rings. The van der Waals surface area contributed by atoms with Crippen molar-refractivity contribution in [2.45, 2.75) is 18.3 Å². The molecule has 11 heteroatoms. The molecule has 0 unspecified atom stereocenters. The summed E-state index contributed by atoms with van der Waals surface area (Å²) < 4.78 is 42.2. The van der Waals surface area contributed by atoms with E-state index in [0.717, 1.165) is 34.6 Å². The number of rotatable bonds is 6. The van der Waals surface area contributed by atoms with Gasteiger partial charge in [0.05, 0.1) is 17.0 Å². The molecular formula is C24H17BrClF3N4OS. The summed E-state index contributed by atoms with van der Waals surface area (Å²) in [6.07, 6.45) is -4.61. The summed E-state index contributed by atoms with van der Waals surface area (Å²) in [6.45, 7) is 1.97. The lowest BCUT2D eigenvalue weighted by Gasteiger charge is -2.14. The average Bonchev–Trinajstić information content (AvgIpc) is 3.23. The minimum atomic E-state index is -4.61. The first-order valence-corrected chi connectivity index (χ1v) is 12.4. The monoisotopic (exact) mass is 580 g/mol. The van der Waals surface area contributed by atoms with E-state index in [1.54, 1.807) is 16.7 Å². The van der Waals surface area contributed by atoms with Crippen LogP contribution in [0.4, 0.5) is 18.9 Å². The molecule has 0 aliphatic carbocycles. The van der Waals surface area contributed by atoms with E-state index in [4.69, 9.17) is 11.6 Å². The molecule has 4 aromatic rings. The fourth-order valence-corrected chi connectivity index (χ4v) is 4.49. The van der Waals surface area contributed by atoms with E-state index in [1.807, 2.05) is 43.3 Å². The molecule has 0 aliphatic heterocycles. The Morgan fingerprint density at radius 1 is 1.06 bits per heavy atom. The highest BCUT2D eigenvalue weighted by Gasteiger charge is 2.34. The minimum absolute atomic E-state index is 0.169. The SMILES string of the molecule is Cc1ccc(-n2c(SCC(=O)Nc3ccc(Br)cc3C(F)(F)F)nnc2-c2ccc(Cl)cc2)cc1. The van der Waals surface area contributed by atoms with Gasteiger partial charge in [-0.15, -0.1) is 10.2 Å². The maximum atomic E-state index is 13.4. The Morgan fingerprint density at radius 2 is 1.74 bits per heavy atom. The fraction of sp³-hybridized carbons (Fsp3) is 0.125. The van der Waals surface area contributed by atoms with Crippen LogP contribution in [0.3, 0.4) is 0 Å². The minimum Gasteiger partial charge on any atom is -0.325 e. The highest BCUT2D eigenvalue weighted by atomic mass is 79.9. The molecule has 0 atom stereocenters. The number of aromatic nitrogens is 3. The number of benzene rings is 3. The van der Waals surface area contributed by atoms with E-state index < -0.39 is 17.6 Å². The van der Waals surface area contributed by atoms with Crippen molar-refractivity contribution in [2.75, 3.05) is 11.1 Å². The number of anilines is 1. The third kappa shape index (κ3) is 6.06. The van der Waals surface area contributed by atoms with Crippen molar-refractivity contribution in [3.8, 4) is 17.1 Å². The molecule has 0 spiro atoms. The Hall–Kier alpha value is -2.82. The summed E-state index contributed by atoms with van der Waals surface area (Å²) in [5.41, 5.74) is 1.37. The first-order chi connectivity index (χ1) is 16.6. The average molecular weight is 582 g/mol. The third-order valence-corrected chi connectivity index (χ3v) is 6.60. The van der Waals surface area contributed by atoms with E-state index >= 15 is 0 Å². The maximum absolute atomic E-state index is 13.4. The molecule has 0 saturated carbocycles. The molecule has 0 radical (unpaired) electrons. The number of thioether (sulfide) groups is 1. The number of halogens is 5. The van der Waals surface area contributed by atoms with Crippen LogP contribution in [0.25, 0.3) is 17.1 Å². The van der Waals surface area contributed by atoms with Crippen molar-refractivity contribution in [2.24, 2.45) is 0 Å². The summed E-state index contributed by atoms with van der Waals surface area (Å²) in [5, 5.41) is 11.9.